The summed E-state index contributed by atoms with van der Waals surface area (Å²) in [5, 5.41) is 3.40. The zero-order chi connectivity index (χ0) is 5.61. The van der Waals surface area contributed by atoms with Crippen molar-refractivity contribution in [1.82, 2.24) is 5.32 Å². The second-order valence-electron chi connectivity index (χ2n) is 3.32. The van der Waals surface area contributed by atoms with Crippen LogP contribution in [0.4, 0.5) is 0 Å². The van der Waals surface area contributed by atoms with Crippen LogP contribution in [0.2, 0.25) is 0 Å². The maximum atomic E-state index is 3.40. The van der Waals surface area contributed by atoms with Crippen molar-refractivity contribution >= 4 is 12.4 Å². The van der Waals surface area contributed by atoms with Crippen molar-refractivity contribution in [2.75, 3.05) is 6.54 Å². The molecule has 2 aliphatic rings. The molecular weight excluding hydrogens is 134 g/mol. The lowest BCUT2D eigenvalue weighted by atomic mass is 9.60. The highest BCUT2D eigenvalue weighted by molar-refractivity contribution is 5.85. The molecule has 0 aromatic carbocycles. The van der Waals surface area contributed by atoms with Gasteiger partial charge < -0.3 is 5.32 Å². The van der Waals surface area contributed by atoms with Crippen molar-refractivity contribution in [3.05, 3.63) is 0 Å². The van der Waals surface area contributed by atoms with Gasteiger partial charge in [0.15, 0.2) is 0 Å². The van der Waals surface area contributed by atoms with Crippen molar-refractivity contribution in [2.45, 2.75) is 32.2 Å². The number of nitrogens with one attached hydrogen (secondary N) is 1. The van der Waals surface area contributed by atoms with Crippen LogP contribution in [0.15, 0.2) is 0 Å². The topological polar surface area (TPSA) is 12.0 Å². The van der Waals surface area contributed by atoms with Crippen molar-refractivity contribution in [1.29, 1.82) is 0 Å². The molecule has 1 N–H and O–H groups in total. The fourth-order valence-corrected chi connectivity index (χ4v) is 1.84. The second-order valence-corrected chi connectivity index (χ2v) is 3.32. The van der Waals surface area contributed by atoms with Crippen molar-refractivity contribution in [3.63, 3.8) is 0 Å². The third kappa shape index (κ3) is 0.786. The smallest absolute Gasteiger partial charge is 0.0108 e. The van der Waals surface area contributed by atoms with Gasteiger partial charge in [0.2, 0.25) is 0 Å². The summed E-state index contributed by atoms with van der Waals surface area (Å²) in [5.74, 6) is 0. The molecule has 2 fully saturated rings. The Morgan fingerprint density at radius 2 is 2.11 bits per heavy atom. The van der Waals surface area contributed by atoms with Crippen LogP contribution in [0.3, 0.4) is 0 Å². The van der Waals surface area contributed by atoms with E-state index < -0.39 is 0 Å². The molecule has 1 aliphatic heterocycles. The Labute approximate surface area is 62.6 Å². The first kappa shape index (κ1) is 7.36. The fourth-order valence-electron chi connectivity index (χ4n) is 1.84. The molecule has 0 radical (unpaired) electrons. The van der Waals surface area contributed by atoms with E-state index in [2.05, 4.69) is 12.2 Å². The van der Waals surface area contributed by atoms with Gasteiger partial charge in [-0.25, -0.2) is 0 Å². The quantitative estimate of drug-likeness (QED) is 0.549. The molecule has 2 heteroatoms. The largest absolute Gasteiger partial charge is 0.313 e. The Balaban J connectivity index is 0.000000405. The van der Waals surface area contributed by atoms with Gasteiger partial charge in [-0.3, -0.25) is 0 Å². The monoisotopic (exact) mass is 147 g/mol. The normalized spacial score (nSPS) is 36.3. The Kier molecular flexibility index (Phi) is 1.75. The van der Waals surface area contributed by atoms with Crippen molar-refractivity contribution < 1.29 is 0 Å². The Hall–Kier alpha value is 0.250. The minimum Gasteiger partial charge on any atom is -0.313 e. The van der Waals surface area contributed by atoms with Crippen molar-refractivity contribution in [3.8, 4) is 0 Å². The molecule has 0 bridgehead atoms. The summed E-state index contributed by atoms with van der Waals surface area (Å²) < 4.78 is 0. The van der Waals surface area contributed by atoms with Crippen LogP contribution in [0.5, 0.6) is 0 Å². The molecular formula is C7H14ClN. The van der Waals surface area contributed by atoms with Gasteiger partial charge >= 0.3 is 0 Å². The summed E-state index contributed by atoms with van der Waals surface area (Å²) in [4.78, 5) is 0. The lowest BCUT2D eigenvalue weighted by Crippen LogP contribution is -2.64. The van der Waals surface area contributed by atoms with Gasteiger partial charge in [-0.2, -0.15) is 0 Å². The molecule has 9 heavy (non-hydrogen) atoms. The highest BCUT2D eigenvalue weighted by Gasteiger charge is 2.47. The number of hydrogen-bond acceptors (Lipinski definition) is 1. The van der Waals surface area contributed by atoms with Crippen LogP contribution in [-0.2, 0) is 0 Å². The first-order valence-electron chi connectivity index (χ1n) is 3.57. The molecule has 1 atom stereocenters. The van der Waals surface area contributed by atoms with E-state index in [0.717, 1.165) is 11.5 Å². The van der Waals surface area contributed by atoms with Crippen molar-refractivity contribution in [2.24, 2.45) is 5.41 Å². The van der Waals surface area contributed by atoms with E-state index in [4.69, 9.17) is 0 Å². The molecule has 0 amide bonds. The molecule has 54 valence electrons. The number of rotatable bonds is 0. The first-order valence-corrected chi connectivity index (χ1v) is 3.57. The van der Waals surface area contributed by atoms with Gasteiger partial charge in [0.05, 0.1) is 0 Å². The summed E-state index contributed by atoms with van der Waals surface area (Å²) in [6.07, 6.45) is 4.45. The van der Waals surface area contributed by atoms with Gasteiger partial charge in [0.1, 0.15) is 0 Å². The maximum Gasteiger partial charge on any atom is 0.0108 e. The predicted octanol–water partition coefficient (Wildman–Crippen LogP) is 1.57. The zero-order valence-corrected chi connectivity index (χ0v) is 6.63. The summed E-state index contributed by atoms with van der Waals surface area (Å²) >= 11 is 0. The van der Waals surface area contributed by atoms with Crippen LogP contribution < -0.4 is 5.32 Å². The van der Waals surface area contributed by atoms with Crippen LogP contribution in [0.25, 0.3) is 0 Å². The van der Waals surface area contributed by atoms with Crippen LogP contribution in [-0.4, -0.2) is 12.6 Å². The third-order valence-electron chi connectivity index (χ3n) is 3.03. The zero-order valence-electron chi connectivity index (χ0n) is 5.81. The number of hydrogen-bond donors (Lipinski definition) is 1. The standard InChI is InChI=1S/C7H13N.ClH/c1-6-7(5-8-6)3-2-4-7;/h6,8H,2-5H2,1H3;1H. The van der Waals surface area contributed by atoms with Gasteiger partial charge in [0.25, 0.3) is 0 Å². The van der Waals surface area contributed by atoms with Crippen LogP contribution >= 0.6 is 12.4 Å². The third-order valence-corrected chi connectivity index (χ3v) is 3.03. The summed E-state index contributed by atoms with van der Waals surface area (Å²) in [6.45, 7) is 3.61. The van der Waals surface area contributed by atoms with Gasteiger partial charge in [-0.15, -0.1) is 12.4 Å². The van der Waals surface area contributed by atoms with Gasteiger partial charge in [-0.1, -0.05) is 6.42 Å². The molecule has 1 saturated carbocycles. The van der Waals surface area contributed by atoms with E-state index >= 15 is 0 Å². The van der Waals surface area contributed by atoms with E-state index in [1.165, 1.54) is 25.8 Å². The van der Waals surface area contributed by atoms with E-state index in [0.29, 0.717) is 0 Å². The predicted molar refractivity (Wildman–Crippen MR) is 41.0 cm³/mol. The molecule has 1 nitrogen and oxygen atoms in total. The second kappa shape index (κ2) is 2.14. The maximum absolute atomic E-state index is 3.40. The molecule has 1 heterocycles. The SMILES string of the molecule is CC1NCC12CCC2.Cl. The van der Waals surface area contributed by atoms with E-state index in [1.54, 1.807) is 0 Å². The first-order chi connectivity index (χ1) is 3.83. The molecule has 0 aromatic rings. The average molecular weight is 148 g/mol. The van der Waals surface area contributed by atoms with Crippen LogP contribution in [0.1, 0.15) is 26.2 Å². The summed E-state index contributed by atoms with van der Waals surface area (Å²) in [5.41, 5.74) is 0.792. The lowest BCUT2D eigenvalue weighted by molar-refractivity contribution is 0.00559. The summed E-state index contributed by atoms with van der Waals surface area (Å²) in [7, 11) is 0. The molecule has 1 aliphatic carbocycles. The highest BCUT2D eigenvalue weighted by atomic mass is 35.5. The van der Waals surface area contributed by atoms with E-state index in [-0.39, 0.29) is 12.4 Å². The molecule has 0 aromatic heterocycles. The van der Waals surface area contributed by atoms with Gasteiger partial charge in [-0.05, 0) is 25.2 Å². The Morgan fingerprint density at radius 3 is 2.11 bits per heavy atom. The Morgan fingerprint density at radius 1 is 1.44 bits per heavy atom. The summed E-state index contributed by atoms with van der Waals surface area (Å²) in [6, 6.07) is 0.830. The number of halogens is 1. The minimum absolute atomic E-state index is 0. The van der Waals surface area contributed by atoms with E-state index in [1.807, 2.05) is 0 Å². The Bertz CT molecular complexity index is 104. The molecule has 1 unspecified atom stereocenters. The average Bonchev–Trinajstić information content (AvgIpc) is 1.58. The lowest BCUT2D eigenvalue weighted by Gasteiger charge is -2.55. The van der Waals surface area contributed by atoms with Crippen LogP contribution in [0, 0.1) is 5.41 Å². The fraction of sp³-hybridized carbons (Fsp3) is 1.00. The minimum atomic E-state index is 0. The molecule has 1 saturated heterocycles. The van der Waals surface area contributed by atoms with Gasteiger partial charge in [0, 0.05) is 12.6 Å². The highest BCUT2D eigenvalue weighted by Crippen LogP contribution is 2.47. The molecule has 2 rings (SSSR count). The van der Waals surface area contributed by atoms with E-state index in [9.17, 15) is 0 Å². The molecule has 1 spiro atoms.